The molecule has 0 bridgehead atoms. The number of carbonyl (C=O) groups excluding carboxylic acids is 2. The number of hydrogen-bond acceptors (Lipinski definition) is 5. The summed E-state index contributed by atoms with van der Waals surface area (Å²) in [5.41, 5.74) is 0.621. The van der Waals surface area contributed by atoms with Crippen molar-refractivity contribution in [1.29, 1.82) is 0 Å². The molecule has 2 aromatic rings. The third-order valence-electron chi connectivity index (χ3n) is 5.15. The van der Waals surface area contributed by atoms with E-state index < -0.39 is 6.04 Å². The van der Waals surface area contributed by atoms with Gasteiger partial charge in [-0.25, -0.2) is 0 Å². The van der Waals surface area contributed by atoms with Crippen LogP contribution in [0.1, 0.15) is 60.1 Å². The van der Waals surface area contributed by atoms with Crippen molar-refractivity contribution >= 4 is 11.8 Å². The van der Waals surface area contributed by atoms with E-state index in [1.807, 2.05) is 18.2 Å². The van der Waals surface area contributed by atoms with Crippen molar-refractivity contribution in [3.8, 4) is 0 Å². The molecule has 4 rings (SSSR count). The standard InChI is InChI=1S/C20H24N4O3/c25-19(21-12-11-17-22-18(23-27-17)14-9-10-14)16-8-4-5-13-24(16)20(26)15-6-2-1-3-7-15/h1-3,6-7,14,16H,4-5,8-13H2,(H,21,25)/t16-/m0/s1. The highest BCUT2D eigenvalue weighted by molar-refractivity contribution is 5.97. The molecule has 1 N–H and O–H groups in total. The number of rotatable bonds is 6. The van der Waals surface area contributed by atoms with Crippen LogP contribution in [0.4, 0.5) is 0 Å². The van der Waals surface area contributed by atoms with Crippen LogP contribution in [0, 0.1) is 0 Å². The summed E-state index contributed by atoms with van der Waals surface area (Å²) in [6.45, 7) is 1.04. The minimum absolute atomic E-state index is 0.0820. The molecule has 0 spiro atoms. The first-order valence-corrected chi connectivity index (χ1v) is 9.68. The highest BCUT2D eigenvalue weighted by Gasteiger charge is 2.32. The molecule has 1 aliphatic carbocycles. The third kappa shape index (κ3) is 4.18. The minimum Gasteiger partial charge on any atom is -0.354 e. The monoisotopic (exact) mass is 368 g/mol. The minimum atomic E-state index is -0.420. The number of piperidine rings is 1. The fourth-order valence-corrected chi connectivity index (χ4v) is 3.48. The quantitative estimate of drug-likeness (QED) is 0.845. The molecule has 1 saturated carbocycles. The number of nitrogens with zero attached hydrogens (tertiary/aromatic N) is 3. The van der Waals surface area contributed by atoms with E-state index in [0.717, 1.165) is 31.5 Å². The van der Waals surface area contributed by atoms with Gasteiger partial charge in [0.25, 0.3) is 5.91 Å². The fourth-order valence-electron chi connectivity index (χ4n) is 3.48. The normalized spacial score (nSPS) is 19.7. The third-order valence-corrected chi connectivity index (χ3v) is 5.15. The highest BCUT2D eigenvalue weighted by atomic mass is 16.5. The molecule has 7 heteroatoms. The molecule has 1 aliphatic heterocycles. The Labute approximate surface area is 158 Å². The summed E-state index contributed by atoms with van der Waals surface area (Å²) in [6, 6.07) is 8.72. The van der Waals surface area contributed by atoms with Gasteiger partial charge in [0.05, 0.1) is 0 Å². The number of amides is 2. The van der Waals surface area contributed by atoms with E-state index in [1.165, 1.54) is 0 Å². The Morgan fingerprint density at radius 1 is 1.15 bits per heavy atom. The zero-order chi connectivity index (χ0) is 18.6. The van der Waals surface area contributed by atoms with Gasteiger partial charge in [-0.2, -0.15) is 4.98 Å². The number of carbonyl (C=O) groups is 2. The van der Waals surface area contributed by atoms with Gasteiger partial charge in [0.15, 0.2) is 5.82 Å². The van der Waals surface area contributed by atoms with Gasteiger partial charge < -0.3 is 14.7 Å². The van der Waals surface area contributed by atoms with Crippen LogP contribution in [-0.2, 0) is 11.2 Å². The van der Waals surface area contributed by atoms with Gasteiger partial charge in [0.2, 0.25) is 11.8 Å². The maximum Gasteiger partial charge on any atom is 0.254 e. The molecule has 27 heavy (non-hydrogen) atoms. The fraction of sp³-hybridized carbons (Fsp3) is 0.500. The van der Waals surface area contributed by atoms with Crippen molar-refractivity contribution < 1.29 is 14.1 Å². The Kier molecular flexibility index (Phi) is 5.18. The van der Waals surface area contributed by atoms with Gasteiger partial charge in [-0.15, -0.1) is 0 Å². The summed E-state index contributed by atoms with van der Waals surface area (Å²) in [5, 5.41) is 6.91. The second-order valence-electron chi connectivity index (χ2n) is 7.24. The summed E-state index contributed by atoms with van der Waals surface area (Å²) < 4.78 is 5.23. The lowest BCUT2D eigenvalue weighted by Gasteiger charge is -2.34. The van der Waals surface area contributed by atoms with E-state index >= 15 is 0 Å². The first-order chi connectivity index (χ1) is 13.2. The summed E-state index contributed by atoms with van der Waals surface area (Å²) >= 11 is 0. The van der Waals surface area contributed by atoms with Gasteiger partial charge in [0, 0.05) is 31.0 Å². The van der Waals surface area contributed by atoms with Gasteiger partial charge >= 0.3 is 0 Å². The van der Waals surface area contributed by atoms with E-state index in [-0.39, 0.29) is 11.8 Å². The van der Waals surface area contributed by atoms with Crippen LogP contribution in [0.3, 0.4) is 0 Å². The number of hydrogen-bond donors (Lipinski definition) is 1. The molecule has 0 unspecified atom stereocenters. The molecule has 0 radical (unpaired) electrons. The Hall–Kier alpha value is -2.70. The molecule has 1 aromatic carbocycles. The lowest BCUT2D eigenvalue weighted by Crippen LogP contribution is -2.52. The van der Waals surface area contributed by atoms with E-state index in [0.29, 0.717) is 43.3 Å². The van der Waals surface area contributed by atoms with E-state index in [1.54, 1.807) is 17.0 Å². The predicted octanol–water partition coefficient (Wildman–Crippen LogP) is 2.30. The van der Waals surface area contributed by atoms with Gasteiger partial charge in [0.1, 0.15) is 6.04 Å². The zero-order valence-corrected chi connectivity index (χ0v) is 15.3. The van der Waals surface area contributed by atoms with E-state index in [9.17, 15) is 9.59 Å². The van der Waals surface area contributed by atoms with Crippen molar-refractivity contribution in [3.05, 3.63) is 47.6 Å². The summed E-state index contributed by atoms with van der Waals surface area (Å²) in [7, 11) is 0. The van der Waals surface area contributed by atoms with Crippen LogP contribution in [-0.4, -0.2) is 46.0 Å². The van der Waals surface area contributed by atoms with Crippen LogP contribution in [0.15, 0.2) is 34.9 Å². The molecule has 142 valence electrons. The Morgan fingerprint density at radius 2 is 1.96 bits per heavy atom. The SMILES string of the molecule is O=C(NCCc1nc(C2CC2)no1)[C@@H]1CCCCN1C(=O)c1ccccc1. The lowest BCUT2D eigenvalue weighted by atomic mass is 10.00. The van der Waals surface area contributed by atoms with Crippen molar-refractivity contribution in [2.75, 3.05) is 13.1 Å². The van der Waals surface area contributed by atoms with E-state index in [4.69, 9.17) is 4.52 Å². The average Bonchev–Trinajstić information content (AvgIpc) is 3.47. The predicted molar refractivity (Wildman–Crippen MR) is 98.1 cm³/mol. The Morgan fingerprint density at radius 3 is 2.74 bits per heavy atom. The lowest BCUT2D eigenvalue weighted by molar-refractivity contribution is -0.126. The molecule has 2 heterocycles. The maximum atomic E-state index is 12.8. The van der Waals surface area contributed by atoms with Crippen LogP contribution < -0.4 is 5.32 Å². The van der Waals surface area contributed by atoms with Gasteiger partial charge in [-0.3, -0.25) is 9.59 Å². The second-order valence-corrected chi connectivity index (χ2v) is 7.24. The van der Waals surface area contributed by atoms with Gasteiger partial charge in [-0.1, -0.05) is 23.4 Å². The zero-order valence-electron chi connectivity index (χ0n) is 15.3. The molecule has 2 aliphatic rings. The van der Waals surface area contributed by atoms with Crippen molar-refractivity contribution in [2.24, 2.45) is 0 Å². The molecule has 2 fully saturated rings. The van der Waals surface area contributed by atoms with Crippen LogP contribution in [0.25, 0.3) is 0 Å². The van der Waals surface area contributed by atoms with Crippen molar-refractivity contribution in [2.45, 2.75) is 50.5 Å². The van der Waals surface area contributed by atoms with Gasteiger partial charge in [-0.05, 0) is 44.2 Å². The average molecular weight is 368 g/mol. The molecule has 7 nitrogen and oxygen atoms in total. The van der Waals surface area contributed by atoms with Crippen LogP contribution in [0.2, 0.25) is 0 Å². The highest BCUT2D eigenvalue weighted by Crippen LogP contribution is 2.38. The van der Waals surface area contributed by atoms with Crippen molar-refractivity contribution in [3.63, 3.8) is 0 Å². The Balaban J connectivity index is 1.33. The topological polar surface area (TPSA) is 88.3 Å². The second kappa shape index (κ2) is 7.90. The van der Waals surface area contributed by atoms with Crippen LogP contribution >= 0.6 is 0 Å². The summed E-state index contributed by atoms with van der Waals surface area (Å²) in [6.07, 6.45) is 5.33. The smallest absolute Gasteiger partial charge is 0.254 e. The number of nitrogens with one attached hydrogen (secondary N) is 1. The molecule has 2 amide bonds. The summed E-state index contributed by atoms with van der Waals surface area (Å²) in [5.74, 6) is 1.60. The molecule has 1 saturated heterocycles. The number of benzene rings is 1. The first kappa shape index (κ1) is 17.7. The molecule has 1 aromatic heterocycles. The largest absolute Gasteiger partial charge is 0.354 e. The molecule has 1 atom stereocenters. The Bertz CT molecular complexity index is 801. The van der Waals surface area contributed by atoms with Crippen molar-refractivity contribution in [1.82, 2.24) is 20.4 Å². The molecular formula is C20H24N4O3. The van der Waals surface area contributed by atoms with E-state index in [2.05, 4.69) is 15.5 Å². The maximum absolute atomic E-state index is 12.8. The van der Waals surface area contributed by atoms with Crippen LogP contribution in [0.5, 0.6) is 0 Å². The number of likely N-dealkylation sites (tertiary alicyclic amines) is 1. The first-order valence-electron chi connectivity index (χ1n) is 9.68. The number of aromatic nitrogens is 2. The molecular weight excluding hydrogens is 344 g/mol. The summed E-state index contributed by atoms with van der Waals surface area (Å²) in [4.78, 5) is 31.6.